The normalized spacial score (nSPS) is 18.0. The maximum absolute atomic E-state index is 11.5. The lowest BCUT2D eigenvalue weighted by Gasteiger charge is -2.34. The van der Waals surface area contributed by atoms with Crippen LogP contribution in [0.15, 0.2) is 72.8 Å². The first-order chi connectivity index (χ1) is 13.7. The Morgan fingerprint density at radius 2 is 1.79 bits per heavy atom. The van der Waals surface area contributed by atoms with E-state index >= 15 is 0 Å². The number of phenols is 1. The van der Waals surface area contributed by atoms with Gasteiger partial charge in [-0.25, -0.2) is 0 Å². The summed E-state index contributed by atoms with van der Waals surface area (Å²) in [4.78, 5) is 11.5. The molecule has 1 heterocycles. The van der Waals surface area contributed by atoms with Crippen LogP contribution in [0.3, 0.4) is 0 Å². The van der Waals surface area contributed by atoms with Crippen LogP contribution in [0.25, 0.3) is 0 Å². The Kier molecular flexibility index (Phi) is 5.02. The zero-order valence-electron chi connectivity index (χ0n) is 15.7. The Labute approximate surface area is 164 Å². The van der Waals surface area contributed by atoms with Crippen LogP contribution in [-0.4, -0.2) is 24.8 Å². The van der Waals surface area contributed by atoms with Crippen molar-refractivity contribution in [3.8, 4) is 11.5 Å². The number of hydrogen-bond donors (Lipinski definition) is 1. The lowest BCUT2D eigenvalue weighted by molar-refractivity contribution is -0.139. The molecule has 28 heavy (non-hydrogen) atoms. The van der Waals surface area contributed by atoms with Crippen LogP contribution >= 0.6 is 0 Å². The molecule has 0 saturated carbocycles. The summed E-state index contributed by atoms with van der Waals surface area (Å²) in [7, 11) is 1.40. The van der Waals surface area contributed by atoms with Crippen molar-refractivity contribution >= 4 is 5.97 Å². The van der Waals surface area contributed by atoms with Crippen LogP contribution in [0.4, 0.5) is 0 Å². The number of methoxy groups -OCH3 is 1. The van der Waals surface area contributed by atoms with Crippen molar-refractivity contribution in [1.82, 2.24) is 0 Å². The standard InChI is InChI=1S/C24H22O4/c1-27-23(26)13-16-7-9-18(10-8-16)24-20-12-11-19(25)14-22(20)28-15-21(24)17-5-3-2-4-6-17/h2-12,14,21,24-25H,13,15H2,1H3. The molecule has 0 amide bonds. The zero-order chi connectivity index (χ0) is 19.5. The maximum atomic E-state index is 11.5. The fourth-order valence-corrected chi connectivity index (χ4v) is 3.88. The number of carbonyl (C=O) groups is 1. The fourth-order valence-electron chi connectivity index (χ4n) is 3.88. The van der Waals surface area contributed by atoms with Gasteiger partial charge < -0.3 is 14.6 Å². The average molecular weight is 374 g/mol. The molecule has 1 aliphatic rings. The molecule has 0 bridgehead atoms. The summed E-state index contributed by atoms with van der Waals surface area (Å²) in [5.74, 6) is 0.922. The van der Waals surface area contributed by atoms with E-state index < -0.39 is 0 Å². The van der Waals surface area contributed by atoms with Gasteiger partial charge in [0.05, 0.1) is 20.1 Å². The lowest BCUT2D eigenvalue weighted by Crippen LogP contribution is -2.25. The summed E-state index contributed by atoms with van der Waals surface area (Å²) in [5.41, 5.74) is 4.34. The van der Waals surface area contributed by atoms with Gasteiger partial charge in [-0.15, -0.1) is 0 Å². The highest BCUT2D eigenvalue weighted by atomic mass is 16.5. The molecule has 142 valence electrons. The Hall–Kier alpha value is -3.27. The van der Waals surface area contributed by atoms with Crippen LogP contribution in [0.5, 0.6) is 11.5 Å². The number of phenolic OH excluding ortho intramolecular Hbond substituents is 1. The second kappa shape index (κ2) is 7.77. The summed E-state index contributed by atoms with van der Waals surface area (Å²) in [6, 6.07) is 23.7. The van der Waals surface area contributed by atoms with Gasteiger partial charge in [0.1, 0.15) is 11.5 Å². The first kappa shape index (κ1) is 18.1. The topological polar surface area (TPSA) is 55.8 Å². The number of esters is 1. The van der Waals surface area contributed by atoms with Gasteiger partial charge in [0.2, 0.25) is 0 Å². The molecule has 2 atom stereocenters. The van der Waals surface area contributed by atoms with Gasteiger partial charge in [-0.3, -0.25) is 4.79 Å². The minimum Gasteiger partial charge on any atom is -0.508 e. The molecule has 0 fully saturated rings. The van der Waals surface area contributed by atoms with Crippen LogP contribution in [0.2, 0.25) is 0 Å². The molecule has 0 saturated heterocycles. The number of fused-ring (bicyclic) bond motifs is 1. The van der Waals surface area contributed by atoms with E-state index in [9.17, 15) is 9.90 Å². The van der Waals surface area contributed by atoms with Crippen molar-refractivity contribution in [2.24, 2.45) is 0 Å². The number of ether oxygens (including phenoxy) is 2. The van der Waals surface area contributed by atoms with Gasteiger partial charge >= 0.3 is 5.97 Å². The van der Waals surface area contributed by atoms with Gasteiger partial charge in [-0.05, 0) is 22.8 Å². The maximum Gasteiger partial charge on any atom is 0.309 e. The van der Waals surface area contributed by atoms with Crippen molar-refractivity contribution < 1.29 is 19.4 Å². The summed E-state index contributed by atoms with van der Waals surface area (Å²) >= 11 is 0. The molecule has 0 radical (unpaired) electrons. The van der Waals surface area contributed by atoms with Crippen LogP contribution in [0, 0.1) is 0 Å². The van der Waals surface area contributed by atoms with E-state index in [2.05, 4.69) is 24.3 Å². The minimum absolute atomic E-state index is 0.0962. The second-order valence-corrected chi connectivity index (χ2v) is 7.02. The highest BCUT2D eigenvalue weighted by Crippen LogP contribution is 2.46. The molecule has 3 aromatic carbocycles. The summed E-state index contributed by atoms with van der Waals surface area (Å²) in [5, 5.41) is 9.85. The van der Waals surface area contributed by atoms with Crippen molar-refractivity contribution in [2.45, 2.75) is 18.3 Å². The molecule has 2 unspecified atom stereocenters. The van der Waals surface area contributed by atoms with Crippen molar-refractivity contribution in [1.29, 1.82) is 0 Å². The summed E-state index contributed by atoms with van der Waals surface area (Å²) in [6.45, 7) is 0.537. The second-order valence-electron chi connectivity index (χ2n) is 7.02. The molecule has 4 nitrogen and oxygen atoms in total. The van der Waals surface area contributed by atoms with Gasteiger partial charge in [0.25, 0.3) is 0 Å². The van der Waals surface area contributed by atoms with Crippen molar-refractivity contribution in [3.05, 3.63) is 95.1 Å². The fraction of sp³-hybridized carbons (Fsp3) is 0.208. The molecular weight excluding hydrogens is 352 g/mol. The van der Waals surface area contributed by atoms with Crippen LogP contribution < -0.4 is 4.74 Å². The Balaban J connectivity index is 1.74. The monoisotopic (exact) mass is 374 g/mol. The third-order valence-electron chi connectivity index (χ3n) is 5.30. The number of carbonyl (C=O) groups excluding carboxylic acids is 1. The molecule has 0 spiro atoms. The molecular formula is C24H22O4. The molecule has 4 rings (SSSR count). The van der Waals surface area contributed by atoms with Crippen molar-refractivity contribution in [3.63, 3.8) is 0 Å². The highest BCUT2D eigenvalue weighted by molar-refractivity contribution is 5.72. The number of aromatic hydroxyl groups is 1. The number of benzene rings is 3. The molecule has 1 N–H and O–H groups in total. The first-order valence-electron chi connectivity index (χ1n) is 9.32. The Morgan fingerprint density at radius 1 is 1.04 bits per heavy atom. The van der Waals surface area contributed by atoms with Gasteiger partial charge in [0.15, 0.2) is 0 Å². The zero-order valence-corrected chi connectivity index (χ0v) is 15.7. The van der Waals surface area contributed by atoms with Gasteiger partial charge in [0, 0.05) is 23.5 Å². The molecule has 1 aliphatic heterocycles. The average Bonchev–Trinajstić information content (AvgIpc) is 2.74. The van der Waals surface area contributed by atoms with E-state index in [0.717, 1.165) is 22.4 Å². The first-order valence-corrected chi connectivity index (χ1v) is 9.32. The van der Waals surface area contributed by atoms with Crippen LogP contribution in [-0.2, 0) is 16.0 Å². The third kappa shape index (κ3) is 3.58. The molecule has 0 aliphatic carbocycles. The highest BCUT2D eigenvalue weighted by Gasteiger charge is 2.33. The van der Waals surface area contributed by atoms with Crippen LogP contribution in [0.1, 0.15) is 34.1 Å². The van der Waals surface area contributed by atoms with Gasteiger partial charge in [-0.1, -0.05) is 60.7 Å². The number of rotatable bonds is 4. The predicted molar refractivity (Wildman–Crippen MR) is 107 cm³/mol. The molecule has 4 heteroatoms. The van der Waals surface area contributed by atoms with E-state index in [1.165, 1.54) is 12.7 Å². The lowest BCUT2D eigenvalue weighted by atomic mass is 9.75. The smallest absolute Gasteiger partial charge is 0.309 e. The van der Waals surface area contributed by atoms with E-state index in [1.54, 1.807) is 12.1 Å². The summed E-state index contributed by atoms with van der Waals surface area (Å²) in [6.07, 6.45) is 0.261. The Bertz CT molecular complexity index is 964. The number of hydrogen-bond acceptors (Lipinski definition) is 4. The molecule has 0 aromatic heterocycles. The Morgan fingerprint density at radius 3 is 2.50 bits per heavy atom. The van der Waals surface area contributed by atoms with E-state index in [0.29, 0.717) is 6.61 Å². The quantitative estimate of drug-likeness (QED) is 0.687. The predicted octanol–water partition coefficient (Wildman–Crippen LogP) is 4.42. The van der Waals surface area contributed by atoms with Gasteiger partial charge in [-0.2, -0.15) is 0 Å². The van der Waals surface area contributed by atoms with Crippen molar-refractivity contribution in [2.75, 3.05) is 13.7 Å². The van der Waals surface area contributed by atoms with E-state index in [4.69, 9.17) is 9.47 Å². The largest absolute Gasteiger partial charge is 0.508 e. The third-order valence-corrected chi connectivity index (χ3v) is 5.30. The minimum atomic E-state index is -0.248. The SMILES string of the molecule is COC(=O)Cc1ccc(C2c3ccc(O)cc3OCC2c2ccccc2)cc1. The van der Waals surface area contributed by atoms with E-state index in [1.807, 2.05) is 36.4 Å². The van der Waals surface area contributed by atoms with E-state index in [-0.39, 0.29) is 30.0 Å². The molecule has 3 aromatic rings. The summed E-state index contributed by atoms with van der Waals surface area (Å²) < 4.78 is 10.7.